The first-order valence-electron chi connectivity index (χ1n) is 19.1. The highest BCUT2D eigenvalue weighted by Gasteiger charge is 2.52. The second-order valence-electron chi connectivity index (χ2n) is 14.7. The van der Waals surface area contributed by atoms with Crippen molar-refractivity contribution in [1.29, 1.82) is 0 Å². The monoisotopic (exact) mass is 712 g/mol. The highest BCUT2D eigenvalue weighted by Crippen LogP contribution is 2.62. The van der Waals surface area contributed by atoms with Gasteiger partial charge < -0.3 is 4.57 Å². The summed E-state index contributed by atoms with van der Waals surface area (Å²) in [6.45, 7) is 0. The Balaban J connectivity index is 1.17. The van der Waals surface area contributed by atoms with Crippen molar-refractivity contribution in [2.75, 3.05) is 0 Å². The van der Waals surface area contributed by atoms with E-state index in [-0.39, 0.29) is 0 Å². The second kappa shape index (κ2) is 11.8. The zero-order valence-electron chi connectivity index (χ0n) is 30.3. The van der Waals surface area contributed by atoms with Gasteiger partial charge in [0.2, 0.25) is 0 Å². The molecule has 0 saturated heterocycles. The predicted octanol–water partition coefficient (Wildman–Crippen LogP) is 12.3. The Bertz CT molecular complexity index is 3180. The van der Waals surface area contributed by atoms with Crippen LogP contribution in [0.5, 0.6) is 0 Å². The van der Waals surface area contributed by atoms with Gasteiger partial charge in [-0.3, -0.25) is 0 Å². The predicted molar refractivity (Wildman–Crippen MR) is 227 cm³/mol. The molecule has 1 aliphatic carbocycles. The van der Waals surface area contributed by atoms with Crippen molar-refractivity contribution in [3.63, 3.8) is 0 Å². The number of aromatic nitrogens is 4. The van der Waals surface area contributed by atoms with Crippen molar-refractivity contribution >= 4 is 21.8 Å². The van der Waals surface area contributed by atoms with E-state index >= 15 is 0 Å². The molecule has 1 aliphatic heterocycles. The molecule has 8 aromatic carbocycles. The lowest BCUT2D eigenvalue weighted by atomic mass is 9.64. The van der Waals surface area contributed by atoms with Gasteiger partial charge in [0.15, 0.2) is 17.5 Å². The van der Waals surface area contributed by atoms with Gasteiger partial charge in [-0.1, -0.05) is 182 Å². The zero-order chi connectivity index (χ0) is 36.8. The SMILES string of the molecule is c1ccc(-c2ccc(-c3nc(-c4ccccc4)nc(-c4cccc5c4C4(c6ccccc6-5)c5ccccc5-n5c6ccccc6c6cccc4c65)n3)cc2)cc1. The molecule has 0 fully saturated rings. The molecule has 2 aromatic heterocycles. The smallest absolute Gasteiger partial charge is 0.164 e. The molecule has 10 aromatic rings. The van der Waals surface area contributed by atoms with Crippen molar-refractivity contribution in [3.05, 3.63) is 216 Å². The molecule has 0 saturated carbocycles. The summed E-state index contributed by atoms with van der Waals surface area (Å²) in [7, 11) is 0. The fourth-order valence-corrected chi connectivity index (χ4v) is 9.59. The van der Waals surface area contributed by atoms with Gasteiger partial charge in [0.05, 0.1) is 22.1 Å². The molecule has 56 heavy (non-hydrogen) atoms. The molecule has 260 valence electrons. The maximum absolute atomic E-state index is 5.38. The summed E-state index contributed by atoms with van der Waals surface area (Å²) in [6, 6.07) is 69.5. The molecule has 12 rings (SSSR count). The average molecular weight is 713 g/mol. The third-order valence-electron chi connectivity index (χ3n) is 11.9. The maximum atomic E-state index is 5.38. The summed E-state index contributed by atoms with van der Waals surface area (Å²) in [5.41, 5.74) is 15.6. The molecule has 1 spiro atoms. The van der Waals surface area contributed by atoms with E-state index in [0.29, 0.717) is 17.5 Å². The van der Waals surface area contributed by atoms with Crippen LogP contribution in [0.25, 0.3) is 83.9 Å². The van der Waals surface area contributed by atoms with E-state index in [1.807, 2.05) is 24.3 Å². The van der Waals surface area contributed by atoms with Crippen molar-refractivity contribution in [1.82, 2.24) is 19.5 Å². The summed E-state index contributed by atoms with van der Waals surface area (Å²) in [4.78, 5) is 15.9. The summed E-state index contributed by atoms with van der Waals surface area (Å²) in [5, 5.41) is 2.51. The average Bonchev–Trinajstić information content (AvgIpc) is 3.78. The standard InChI is InChI=1S/C52H32N4/c1-3-15-33(16-4-1)34-29-31-36(32-30-34)50-53-49(35-17-5-2-6-18-35)54-51(55-50)41-23-13-21-39-37-19-7-9-24-42(37)52(47(39)41)43-25-10-12-28-46(43)56-45-27-11-8-20-38(45)40-22-14-26-44(52)48(40)56/h1-32H. The van der Waals surface area contributed by atoms with E-state index in [0.717, 1.165) is 22.3 Å². The fraction of sp³-hybridized carbons (Fsp3) is 0.0192. The van der Waals surface area contributed by atoms with Gasteiger partial charge in [0.25, 0.3) is 0 Å². The molecule has 2 aliphatic rings. The molecule has 0 bridgehead atoms. The first-order valence-corrected chi connectivity index (χ1v) is 19.1. The van der Waals surface area contributed by atoms with Crippen LogP contribution in [-0.2, 0) is 5.41 Å². The van der Waals surface area contributed by atoms with E-state index < -0.39 is 5.41 Å². The van der Waals surface area contributed by atoms with Gasteiger partial charge in [-0.05, 0) is 56.6 Å². The normalized spacial score (nSPS) is 14.9. The Morgan fingerprint density at radius 1 is 0.339 bits per heavy atom. The minimum atomic E-state index is -0.639. The van der Waals surface area contributed by atoms with Crippen LogP contribution in [-0.4, -0.2) is 19.5 Å². The van der Waals surface area contributed by atoms with E-state index in [1.165, 1.54) is 66.4 Å². The van der Waals surface area contributed by atoms with E-state index in [1.54, 1.807) is 0 Å². The lowest BCUT2D eigenvalue weighted by Gasteiger charge is -2.40. The van der Waals surface area contributed by atoms with Gasteiger partial charge in [-0.15, -0.1) is 0 Å². The third-order valence-corrected chi connectivity index (χ3v) is 11.9. The maximum Gasteiger partial charge on any atom is 0.164 e. The summed E-state index contributed by atoms with van der Waals surface area (Å²) in [5.74, 6) is 1.94. The molecule has 1 unspecified atom stereocenters. The first-order chi connectivity index (χ1) is 27.8. The van der Waals surface area contributed by atoms with Crippen molar-refractivity contribution in [3.8, 4) is 62.1 Å². The summed E-state index contributed by atoms with van der Waals surface area (Å²) in [6.07, 6.45) is 0. The van der Waals surface area contributed by atoms with Gasteiger partial charge in [0.1, 0.15) is 0 Å². The summed E-state index contributed by atoms with van der Waals surface area (Å²) >= 11 is 0. The van der Waals surface area contributed by atoms with Crippen LogP contribution in [0.2, 0.25) is 0 Å². The van der Waals surface area contributed by atoms with Crippen molar-refractivity contribution in [2.45, 2.75) is 5.41 Å². The fourth-order valence-electron chi connectivity index (χ4n) is 9.59. The molecular formula is C52H32N4. The Morgan fingerprint density at radius 3 is 1.66 bits per heavy atom. The largest absolute Gasteiger partial charge is 0.309 e. The second-order valence-corrected chi connectivity index (χ2v) is 14.7. The van der Waals surface area contributed by atoms with Crippen LogP contribution < -0.4 is 0 Å². The number of fused-ring (bicyclic) bond motifs is 12. The highest BCUT2D eigenvalue weighted by atomic mass is 15.0. The lowest BCUT2D eigenvalue weighted by Crippen LogP contribution is -2.34. The molecule has 0 radical (unpaired) electrons. The van der Waals surface area contributed by atoms with E-state index in [2.05, 4.69) is 174 Å². The van der Waals surface area contributed by atoms with Crippen molar-refractivity contribution in [2.24, 2.45) is 0 Å². The zero-order valence-corrected chi connectivity index (χ0v) is 30.3. The van der Waals surface area contributed by atoms with Gasteiger partial charge in [0, 0.05) is 27.5 Å². The Labute approximate surface area is 324 Å². The minimum absolute atomic E-state index is 0.639. The molecular weight excluding hydrogens is 681 g/mol. The minimum Gasteiger partial charge on any atom is -0.309 e. The van der Waals surface area contributed by atoms with Crippen LogP contribution >= 0.6 is 0 Å². The van der Waals surface area contributed by atoms with Crippen LogP contribution in [0.3, 0.4) is 0 Å². The van der Waals surface area contributed by atoms with Gasteiger partial charge in [-0.25, -0.2) is 15.0 Å². The third kappa shape index (κ3) is 4.21. The Hall–Kier alpha value is -7.43. The summed E-state index contributed by atoms with van der Waals surface area (Å²) < 4.78 is 2.48. The number of para-hydroxylation sites is 3. The molecule has 3 heterocycles. The van der Waals surface area contributed by atoms with Gasteiger partial charge >= 0.3 is 0 Å². The Kier molecular flexibility index (Phi) is 6.52. The van der Waals surface area contributed by atoms with E-state index in [4.69, 9.17) is 15.0 Å². The molecule has 0 N–H and O–H groups in total. The van der Waals surface area contributed by atoms with Gasteiger partial charge in [-0.2, -0.15) is 0 Å². The van der Waals surface area contributed by atoms with E-state index in [9.17, 15) is 0 Å². The van der Waals surface area contributed by atoms with Crippen molar-refractivity contribution < 1.29 is 0 Å². The lowest BCUT2D eigenvalue weighted by molar-refractivity contribution is 0.749. The number of benzene rings is 8. The highest BCUT2D eigenvalue weighted by molar-refractivity contribution is 6.13. The van der Waals surface area contributed by atoms with Crippen LogP contribution in [0.15, 0.2) is 194 Å². The number of nitrogens with zero attached hydrogens (tertiary/aromatic N) is 4. The topological polar surface area (TPSA) is 43.6 Å². The van der Waals surface area contributed by atoms with Crippen LogP contribution in [0.1, 0.15) is 22.3 Å². The molecule has 0 amide bonds. The first kappa shape index (κ1) is 31.0. The molecule has 4 nitrogen and oxygen atoms in total. The number of hydrogen-bond donors (Lipinski definition) is 0. The Morgan fingerprint density at radius 2 is 0.857 bits per heavy atom. The molecule has 1 atom stereocenters. The molecule has 4 heteroatoms. The number of hydrogen-bond acceptors (Lipinski definition) is 3. The quantitative estimate of drug-likeness (QED) is 0.182. The van der Waals surface area contributed by atoms with Crippen LogP contribution in [0.4, 0.5) is 0 Å². The van der Waals surface area contributed by atoms with Crippen LogP contribution in [0, 0.1) is 0 Å². The number of rotatable bonds is 4.